The fourth-order valence-electron chi connectivity index (χ4n) is 2.09. The number of nitrogens with one attached hydrogen (secondary N) is 1. The Balaban J connectivity index is 0.000000273. The molecule has 2 aromatic carbocycles. The van der Waals surface area contributed by atoms with Crippen molar-refractivity contribution in [1.29, 1.82) is 0 Å². The molecule has 1 heterocycles. The van der Waals surface area contributed by atoms with Crippen LogP contribution in [0.15, 0.2) is 60.7 Å². The second-order valence-electron chi connectivity index (χ2n) is 5.71. The van der Waals surface area contributed by atoms with Gasteiger partial charge in [-0.15, -0.1) is 0 Å². The number of para-hydroxylation sites is 1. The number of carbonyl (C=O) groups excluding carboxylic acids is 1. The van der Waals surface area contributed by atoms with Crippen molar-refractivity contribution in [3.05, 3.63) is 77.5 Å². The number of hydrogen-bond donors (Lipinski definition) is 2. The molecule has 3 N–H and O–H groups in total. The van der Waals surface area contributed by atoms with Crippen LogP contribution in [0.5, 0.6) is 0 Å². The number of rotatable bonds is 2. The number of nitrogen functional groups attached to an aromatic ring is 1. The van der Waals surface area contributed by atoms with E-state index in [2.05, 4.69) is 10.4 Å². The van der Waals surface area contributed by atoms with Gasteiger partial charge in [0.2, 0.25) is 0 Å². The molecule has 0 aliphatic carbocycles. The maximum atomic E-state index is 12.5. The number of carbonyl (C=O) groups is 1. The highest BCUT2D eigenvalue weighted by molar-refractivity contribution is 6.03. The van der Waals surface area contributed by atoms with Gasteiger partial charge in [-0.05, 0) is 30.7 Å². The average molecular weight is 376 g/mol. The summed E-state index contributed by atoms with van der Waals surface area (Å²) in [6, 6.07) is 16.8. The molecular formula is C19H19F3N4O. The zero-order valence-corrected chi connectivity index (χ0v) is 14.8. The molecule has 0 bridgehead atoms. The Kier molecular flexibility index (Phi) is 6.23. The van der Waals surface area contributed by atoms with Crippen molar-refractivity contribution in [1.82, 2.24) is 9.78 Å². The molecule has 142 valence electrons. The van der Waals surface area contributed by atoms with Gasteiger partial charge < -0.3 is 11.1 Å². The van der Waals surface area contributed by atoms with Crippen LogP contribution >= 0.6 is 0 Å². The highest BCUT2D eigenvalue weighted by Crippen LogP contribution is 2.29. The predicted octanol–water partition coefficient (Wildman–Crippen LogP) is 4.27. The molecule has 0 unspecified atom stereocenters. The first kappa shape index (κ1) is 20.0. The molecule has 0 atom stereocenters. The van der Waals surface area contributed by atoms with Gasteiger partial charge in [0.05, 0.1) is 0 Å². The van der Waals surface area contributed by atoms with Gasteiger partial charge in [-0.1, -0.05) is 36.4 Å². The Morgan fingerprint density at radius 3 is 2.15 bits per heavy atom. The number of hydrogen-bond acceptors (Lipinski definition) is 3. The molecule has 3 rings (SSSR count). The van der Waals surface area contributed by atoms with Crippen molar-refractivity contribution < 1.29 is 18.0 Å². The van der Waals surface area contributed by atoms with Crippen LogP contribution in [0.25, 0.3) is 0 Å². The largest absolute Gasteiger partial charge is 0.435 e. The van der Waals surface area contributed by atoms with Crippen LogP contribution < -0.4 is 11.1 Å². The topological polar surface area (TPSA) is 72.9 Å². The second-order valence-corrected chi connectivity index (χ2v) is 5.71. The van der Waals surface area contributed by atoms with Crippen LogP contribution in [0, 0.1) is 6.92 Å². The van der Waals surface area contributed by atoms with Crippen molar-refractivity contribution in [2.75, 3.05) is 11.1 Å². The maximum Gasteiger partial charge on any atom is 0.435 e. The number of anilines is 2. The maximum absolute atomic E-state index is 12.5. The number of amides is 1. The van der Waals surface area contributed by atoms with E-state index in [-0.39, 0.29) is 5.82 Å². The summed E-state index contributed by atoms with van der Waals surface area (Å²) in [5.41, 5.74) is 6.85. The van der Waals surface area contributed by atoms with Crippen molar-refractivity contribution in [2.45, 2.75) is 13.1 Å². The molecule has 0 aliphatic heterocycles. The standard InChI is InChI=1S/C12H10F3N3O.C7H9N/c1-18-10(7-9(17-18)12(13,14)15)16-11(19)8-5-3-2-4-6-8;1-6-4-2-3-5-7(6)8/h2-7H,1H3,(H,16,19);2-5H,8H2,1H3. The van der Waals surface area contributed by atoms with Crippen LogP contribution in [0.4, 0.5) is 24.7 Å². The SMILES string of the molecule is Cc1ccccc1N.Cn1nc(C(F)(F)F)cc1NC(=O)c1ccccc1. The summed E-state index contributed by atoms with van der Waals surface area (Å²) >= 11 is 0. The van der Waals surface area contributed by atoms with Crippen molar-refractivity contribution in [3.8, 4) is 0 Å². The summed E-state index contributed by atoms with van der Waals surface area (Å²) in [4.78, 5) is 11.8. The van der Waals surface area contributed by atoms with Gasteiger partial charge in [0, 0.05) is 24.4 Å². The quantitative estimate of drug-likeness (QED) is 0.656. The van der Waals surface area contributed by atoms with Crippen molar-refractivity contribution in [2.24, 2.45) is 7.05 Å². The number of nitrogens with two attached hydrogens (primary N) is 1. The van der Waals surface area contributed by atoms with Crippen LogP contribution in [0.3, 0.4) is 0 Å². The summed E-state index contributed by atoms with van der Waals surface area (Å²) in [5.74, 6) is -0.501. The Morgan fingerprint density at radius 2 is 1.67 bits per heavy atom. The van der Waals surface area contributed by atoms with Crippen molar-refractivity contribution in [3.63, 3.8) is 0 Å². The molecule has 0 spiro atoms. The van der Waals surface area contributed by atoms with Gasteiger partial charge in [0.25, 0.3) is 5.91 Å². The van der Waals surface area contributed by atoms with Crippen LogP contribution in [0.1, 0.15) is 21.6 Å². The normalized spacial score (nSPS) is 10.7. The molecule has 1 aromatic heterocycles. The first-order valence-electron chi connectivity index (χ1n) is 7.97. The highest BCUT2D eigenvalue weighted by Gasteiger charge is 2.34. The third-order valence-corrected chi connectivity index (χ3v) is 3.64. The lowest BCUT2D eigenvalue weighted by Gasteiger charge is -2.04. The Bertz CT molecular complexity index is 884. The minimum Gasteiger partial charge on any atom is -0.399 e. The van der Waals surface area contributed by atoms with E-state index in [1.54, 1.807) is 30.3 Å². The number of aromatic nitrogens is 2. The minimum atomic E-state index is -4.53. The van der Waals surface area contributed by atoms with E-state index < -0.39 is 17.8 Å². The molecule has 8 heteroatoms. The predicted molar refractivity (Wildman–Crippen MR) is 98.2 cm³/mol. The van der Waals surface area contributed by atoms with Gasteiger partial charge in [0.15, 0.2) is 5.69 Å². The van der Waals surface area contributed by atoms with Crippen LogP contribution in [-0.4, -0.2) is 15.7 Å². The average Bonchev–Trinajstić information content (AvgIpc) is 3.00. The van der Waals surface area contributed by atoms with Crippen LogP contribution in [-0.2, 0) is 13.2 Å². The third-order valence-electron chi connectivity index (χ3n) is 3.64. The minimum absolute atomic E-state index is 0.0128. The fraction of sp³-hybridized carbons (Fsp3) is 0.158. The van der Waals surface area contributed by atoms with E-state index >= 15 is 0 Å². The van der Waals surface area contributed by atoms with E-state index in [0.717, 1.165) is 22.0 Å². The smallest absolute Gasteiger partial charge is 0.399 e. The number of nitrogens with zero attached hydrogens (tertiary/aromatic N) is 2. The van der Waals surface area contributed by atoms with Crippen molar-refractivity contribution >= 4 is 17.4 Å². The van der Waals surface area contributed by atoms with Gasteiger partial charge in [0.1, 0.15) is 5.82 Å². The first-order valence-corrected chi connectivity index (χ1v) is 7.97. The van der Waals surface area contributed by atoms with E-state index in [1.807, 2.05) is 31.2 Å². The van der Waals surface area contributed by atoms with E-state index in [9.17, 15) is 18.0 Å². The second kappa shape index (κ2) is 8.39. The lowest BCUT2D eigenvalue weighted by Crippen LogP contribution is -2.14. The summed E-state index contributed by atoms with van der Waals surface area (Å²) in [6.07, 6.45) is -4.53. The first-order chi connectivity index (χ1) is 12.7. The number of halogens is 3. The van der Waals surface area contributed by atoms with Crippen LogP contribution in [0.2, 0.25) is 0 Å². The fourth-order valence-corrected chi connectivity index (χ4v) is 2.09. The zero-order valence-electron chi connectivity index (χ0n) is 14.8. The van der Waals surface area contributed by atoms with Gasteiger partial charge >= 0.3 is 6.18 Å². The summed E-state index contributed by atoms with van der Waals surface area (Å²) in [7, 11) is 1.33. The zero-order chi connectivity index (χ0) is 20.0. The molecule has 0 saturated heterocycles. The molecule has 0 fully saturated rings. The Morgan fingerprint density at radius 1 is 1.07 bits per heavy atom. The van der Waals surface area contributed by atoms with Gasteiger partial charge in [-0.25, -0.2) is 0 Å². The van der Waals surface area contributed by atoms with E-state index in [4.69, 9.17) is 5.73 Å². The summed E-state index contributed by atoms with van der Waals surface area (Å²) in [5, 5.41) is 5.69. The molecular weight excluding hydrogens is 357 g/mol. The molecule has 0 radical (unpaired) electrons. The number of benzene rings is 2. The van der Waals surface area contributed by atoms with E-state index in [0.29, 0.717) is 5.56 Å². The Hall–Kier alpha value is -3.29. The van der Waals surface area contributed by atoms with Gasteiger partial charge in [-0.2, -0.15) is 18.3 Å². The molecule has 27 heavy (non-hydrogen) atoms. The molecule has 0 aliphatic rings. The summed E-state index contributed by atoms with van der Waals surface area (Å²) in [6.45, 7) is 2.00. The molecule has 5 nitrogen and oxygen atoms in total. The monoisotopic (exact) mass is 376 g/mol. The Labute approximate surface area is 154 Å². The third kappa shape index (κ3) is 5.60. The van der Waals surface area contributed by atoms with E-state index in [1.165, 1.54) is 7.05 Å². The number of alkyl halides is 3. The summed E-state index contributed by atoms with van der Waals surface area (Å²) < 4.78 is 38.3. The highest BCUT2D eigenvalue weighted by atomic mass is 19.4. The molecule has 3 aromatic rings. The molecule has 0 saturated carbocycles. The lowest BCUT2D eigenvalue weighted by molar-refractivity contribution is -0.141. The molecule has 1 amide bonds. The number of aryl methyl sites for hydroxylation is 2. The lowest BCUT2D eigenvalue weighted by atomic mass is 10.2. The van der Waals surface area contributed by atoms with Gasteiger partial charge in [-0.3, -0.25) is 9.48 Å².